The lowest BCUT2D eigenvalue weighted by molar-refractivity contribution is 0.0697. The number of aromatic carboxylic acids is 1. The Balaban J connectivity index is 3.34. The third-order valence-electron chi connectivity index (χ3n) is 2.47. The van der Waals surface area contributed by atoms with Crippen LogP contribution in [0.2, 0.25) is 0 Å². The molecule has 1 rings (SSSR count). The average molecular weight is 225 g/mol. The van der Waals surface area contributed by atoms with E-state index in [0.29, 0.717) is 6.54 Å². The van der Waals surface area contributed by atoms with Gasteiger partial charge < -0.3 is 10.0 Å². The Morgan fingerprint density at radius 1 is 1.50 bits per heavy atom. The molecule has 0 aromatic heterocycles. The molecular weight excluding hydrogens is 209 g/mol. The van der Waals surface area contributed by atoms with Gasteiger partial charge in [0.1, 0.15) is 5.82 Å². The molecule has 0 bridgehead atoms. The van der Waals surface area contributed by atoms with Crippen molar-refractivity contribution in [3.05, 3.63) is 29.6 Å². The summed E-state index contributed by atoms with van der Waals surface area (Å²) in [4.78, 5) is 12.8. The molecule has 0 aliphatic heterocycles. The first-order chi connectivity index (χ1) is 7.49. The number of anilines is 1. The predicted molar refractivity (Wildman–Crippen MR) is 61.5 cm³/mol. The quantitative estimate of drug-likeness (QED) is 0.856. The number of halogens is 1. The normalized spacial score (nSPS) is 10.6. The van der Waals surface area contributed by atoms with E-state index in [4.69, 9.17) is 5.11 Å². The number of rotatable bonds is 4. The molecule has 0 aliphatic rings. The van der Waals surface area contributed by atoms with Crippen molar-refractivity contribution in [1.82, 2.24) is 0 Å². The van der Waals surface area contributed by atoms with E-state index in [-0.39, 0.29) is 17.3 Å². The molecule has 0 heterocycles. The molecule has 1 aromatic rings. The van der Waals surface area contributed by atoms with Gasteiger partial charge in [0, 0.05) is 12.6 Å². The molecule has 88 valence electrons. The summed E-state index contributed by atoms with van der Waals surface area (Å²) in [6, 6.07) is 4.18. The minimum absolute atomic E-state index is 0.00977. The molecule has 16 heavy (non-hydrogen) atoms. The predicted octanol–water partition coefficient (Wildman–Crippen LogP) is 2.76. The molecule has 3 nitrogen and oxygen atoms in total. The van der Waals surface area contributed by atoms with Crippen molar-refractivity contribution in [2.24, 2.45) is 0 Å². The van der Waals surface area contributed by atoms with E-state index in [2.05, 4.69) is 0 Å². The Labute approximate surface area is 94.5 Å². The van der Waals surface area contributed by atoms with Gasteiger partial charge in [-0.1, -0.05) is 6.07 Å². The van der Waals surface area contributed by atoms with Crippen LogP contribution >= 0.6 is 0 Å². The standard InChI is InChI=1S/C12H16FNO2/c1-4-14(8(2)3)11-9(12(15)16)6-5-7-10(11)13/h5-8H,4H2,1-3H3,(H,15,16). The summed E-state index contributed by atoms with van der Waals surface area (Å²) >= 11 is 0. The number of nitrogens with zero attached hydrogens (tertiary/aromatic N) is 1. The summed E-state index contributed by atoms with van der Waals surface area (Å²) in [6.07, 6.45) is 0. The third kappa shape index (κ3) is 2.32. The van der Waals surface area contributed by atoms with Crippen molar-refractivity contribution < 1.29 is 14.3 Å². The fourth-order valence-corrected chi connectivity index (χ4v) is 1.76. The maximum Gasteiger partial charge on any atom is 0.337 e. The second-order valence-electron chi connectivity index (χ2n) is 3.82. The number of carboxylic acid groups (broad SMARTS) is 1. The van der Waals surface area contributed by atoms with Gasteiger partial charge in [-0.05, 0) is 32.9 Å². The maximum atomic E-state index is 13.7. The highest BCUT2D eigenvalue weighted by atomic mass is 19.1. The van der Waals surface area contributed by atoms with Crippen molar-refractivity contribution in [2.75, 3.05) is 11.4 Å². The first-order valence-corrected chi connectivity index (χ1v) is 5.27. The molecule has 0 saturated carbocycles. The monoisotopic (exact) mass is 225 g/mol. The van der Waals surface area contributed by atoms with Gasteiger partial charge in [-0.2, -0.15) is 0 Å². The molecule has 0 radical (unpaired) electrons. The van der Waals surface area contributed by atoms with E-state index in [1.807, 2.05) is 20.8 Å². The van der Waals surface area contributed by atoms with Crippen molar-refractivity contribution in [2.45, 2.75) is 26.8 Å². The van der Waals surface area contributed by atoms with E-state index in [0.717, 1.165) is 0 Å². The van der Waals surface area contributed by atoms with Crippen LogP contribution in [0.15, 0.2) is 18.2 Å². The molecule has 1 N–H and O–H groups in total. The van der Waals surface area contributed by atoms with Crippen molar-refractivity contribution >= 4 is 11.7 Å². The molecule has 0 saturated heterocycles. The van der Waals surface area contributed by atoms with Crippen LogP contribution in [0, 0.1) is 5.82 Å². The summed E-state index contributed by atoms with van der Waals surface area (Å²) in [6.45, 7) is 6.25. The van der Waals surface area contributed by atoms with E-state index in [1.165, 1.54) is 18.2 Å². The second kappa shape index (κ2) is 4.96. The smallest absolute Gasteiger partial charge is 0.337 e. The van der Waals surface area contributed by atoms with Crippen molar-refractivity contribution in [3.63, 3.8) is 0 Å². The third-order valence-corrected chi connectivity index (χ3v) is 2.47. The molecule has 1 aromatic carbocycles. The molecule has 0 unspecified atom stereocenters. The molecule has 0 atom stereocenters. The molecule has 0 amide bonds. The summed E-state index contributed by atoms with van der Waals surface area (Å²) < 4.78 is 13.7. The minimum atomic E-state index is -1.10. The van der Waals surface area contributed by atoms with E-state index < -0.39 is 11.8 Å². The SMILES string of the molecule is CCN(c1c(F)cccc1C(=O)O)C(C)C. The molecule has 0 aliphatic carbocycles. The number of benzene rings is 1. The summed E-state index contributed by atoms with van der Waals surface area (Å²) in [5.74, 6) is -1.59. The van der Waals surface area contributed by atoms with Gasteiger partial charge in [-0.25, -0.2) is 9.18 Å². The Hall–Kier alpha value is -1.58. The van der Waals surface area contributed by atoms with Gasteiger partial charge in [0.25, 0.3) is 0 Å². The zero-order valence-electron chi connectivity index (χ0n) is 9.70. The van der Waals surface area contributed by atoms with E-state index in [1.54, 1.807) is 4.90 Å². The average Bonchev–Trinajstić information content (AvgIpc) is 2.20. The van der Waals surface area contributed by atoms with Gasteiger partial charge in [0.15, 0.2) is 0 Å². The topological polar surface area (TPSA) is 40.5 Å². The summed E-state index contributed by atoms with van der Waals surface area (Å²) in [5.41, 5.74) is 0.183. The van der Waals surface area contributed by atoms with Crippen molar-refractivity contribution in [1.29, 1.82) is 0 Å². The fourth-order valence-electron chi connectivity index (χ4n) is 1.76. The number of carbonyl (C=O) groups is 1. The van der Waals surface area contributed by atoms with E-state index >= 15 is 0 Å². The van der Waals surface area contributed by atoms with Crippen LogP contribution in [0.4, 0.5) is 10.1 Å². The lowest BCUT2D eigenvalue weighted by Crippen LogP contribution is -2.32. The van der Waals surface area contributed by atoms with Crippen molar-refractivity contribution in [3.8, 4) is 0 Å². The number of hydrogen-bond acceptors (Lipinski definition) is 2. The van der Waals surface area contributed by atoms with E-state index in [9.17, 15) is 9.18 Å². The molecule has 0 fully saturated rings. The zero-order chi connectivity index (χ0) is 12.3. The van der Waals surface area contributed by atoms with Crippen LogP contribution < -0.4 is 4.90 Å². The van der Waals surface area contributed by atoms with Crippen LogP contribution in [0.5, 0.6) is 0 Å². The Kier molecular flexibility index (Phi) is 3.88. The molecule has 4 heteroatoms. The first kappa shape index (κ1) is 12.5. The van der Waals surface area contributed by atoms with Crippen LogP contribution in [-0.4, -0.2) is 23.7 Å². The zero-order valence-corrected chi connectivity index (χ0v) is 9.70. The highest BCUT2D eigenvalue weighted by Crippen LogP contribution is 2.26. The Morgan fingerprint density at radius 2 is 2.12 bits per heavy atom. The largest absolute Gasteiger partial charge is 0.478 e. The second-order valence-corrected chi connectivity index (χ2v) is 3.82. The van der Waals surface area contributed by atoms with Gasteiger partial charge in [0.05, 0.1) is 11.3 Å². The van der Waals surface area contributed by atoms with Gasteiger partial charge in [0.2, 0.25) is 0 Å². The highest BCUT2D eigenvalue weighted by molar-refractivity contribution is 5.94. The van der Waals surface area contributed by atoms with Crippen LogP contribution in [0.25, 0.3) is 0 Å². The fraction of sp³-hybridized carbons (Fsp3) is 0.417. The molecular formula is C12H16FNO2. The van der Waals surface area contributed by atoms with Crippen LogP contribution in [-0.2, 0) is 0 Å². The van der Waals surface area contributed by atoms with Gasteiger partial charge in [-0.3, -0.25) is 0 Å². The summed E-state index contributed by atoms with van der Waals surface area (Å²) in [7, 11) is 0. The number of carboxylic acids is 1. The number of para-hydroxylation sites is 1. The Bertz CT molecular complexity index is 391. The van der Waals surface area contributed by atoms with Gasteiger partial charge >= 0.3 is 5.97 Å². The highest BCUT2D eigenvalue weighted by Gasteiger charge is 2.20. The van der Waals surface area contributed by atoms with Crippen LogP contribution in [0.1, 0.15) is 31.1 Å². The maximum absolute atomic E-state index is 13.7. The minimum Gasteiger partial charge on any atom is -0.478 e. The molecule has 0 spiro atoms. The van der Waals surface area contributed by atoms with Gasteiger partial charge in [-0.15, -0.1) is 0 Å². The Morgan fingerprint density at radius 3 is 2.56 bits per heavy atom. The lowest BCUT2D eigenvalue weighted by Gasteiger charge is -2.29. The number of hydrogen-bond donors (Lipinski definition) is 1. The first-order valence-electron chi connectivity index (χ1n) is 5.27. The summed E-state index contributed by atoms with van der Waals surface area (Å²) in [5, 5.41) is 9.02. The lowest BCUT2D eigenvalue weighted by atomic mass is 10.1. The van der Waals surface area contributed by atoms with Crippen LogP contribution in [0.3, 0.4) is 0 Å².